The average Bonchev–Trinajstić information content (AvgIpc) is 2.62. The highest BCUT2D eigenvalue weighted by molar-refractivity contribution is 5.34. The second kappa shape index (κ2) is 7.90. The van der Waals surface area contributed by atoms with E-state index in [1.165, 1.54) is 63.4 Å². The average molecular weight is 370 g/mol. The van der Waals surface area contributed by atoms with E-state index in [1.54, 1.807) is 5.56 Å². The number of hydrogen-bond acceptors (Lipinski definition) is 1. The fourth-order valence-electron chi connectivity index (χ4n) is 5.64. The van der Waals surface area contributed by atoms with E-state index in [0.717, 1.165) is 12.1 Å². The molecule has 0 atom stereocenters. The molecule has 0 spiro atoms. The van der Waals surface area contributed by atoms with Crippen LogP contribution in [0.15, 0.2) is 24.3 Å². The van der Waals surface area contributed by atoms with Gasteiger partial charge in [0.25, 0.3) is 0 Å². The molecule has 2 aliphatic carbocycles. The van der Waals surface area contributed by atoms with Gasteiger partial charge >= 0.3 is 0 Å². The molecule has 0 unspecified atom stereocenters. The van der Waals surface area contributed by atoms with Crippen molar-refractivity contribution in [2.24, 2.45) is 5.41 Å². The standard InChI is InChI=1S/C26H43N/c1-24(2,3)20-12-14-21(15-13-20)26(25(4,5)6)18-16-23(17-19-26)27-22-10-8-7-9-11-22/h12-15,22-23,27H,7-11,16-19H2,1-6H3. The normalized spacial score (nSPS) is 28.3. The van der Waals surface area contributed by atoms with E-state index < -0.39 is 0 Å². The molecule has 0 amide bonds. The van der Waals surface area contributed by atoms with Gasteiger partial charge in [0.05, 0.1) is 0 Å². The Balaban J connectivity index is 1.73. The summed E-state index contributed by atoms with van der Waals surface area (Å²) < 4.78 is 0. The van der Waals surface area contributed by atoms with Gasteiger partial charge in [-0.2, -0.15) is 0 Å². The lowest BCUT2D eigenvalue weighted by Gasteiger charge is -2.50. The SMILES string of the molecule is CC(C)(C)c1ccc(C2(C(C)(C)C)CCC(NC3CCCCC3)CC2)cc1. The summed E-state index contributed by atoms with van der Waals surface area (Å²) in [7, 11) is 0. The highest BCUT2D eigenvalue weighted by Crippen LogP contribution is 2.51. The third kappa shape index (κ3) is 4.61. The zero-order valence-electron chi connectivity index (χ0n) is 18.8. The van der Waals surface area contributed by atoms with Crippen molar-refractivity contribution in [3.8, 4) is 0 Å². The molecule has 2 fully saturated rings. The summed E-state index contributed by atoms with van der Waals surface area (Å²) in [5.41, 5.74) is 3.86. The second-order valence-electron chi connectivity index (χ2n) is 11.4. The summed E-state index contributed by atoms with van der Waals surface area (Å²) >= 11 is 0. The van der Waals surface area contributed by atoms with Crippen LogP contribution in [0.3, 0.4) is 0 Å². The third-order valence-electron chi connectivity index (χ3n) is 7.65. The highest BCUT2D eigenvalue weighted by Gasteiger charge is 2.45. The van der Waals surface area contributed by atoms with Gasteiger partial charge in [-0.05, 0) is 60.5 Å². The smallest absolute Gasteiger partial charge is 0.00703 e. The summed E-state index contributed by atoms with van der Waals surface area (Å²) in [4.78, 5) is 0. The van der Waals surface area contributed by atoms with Crippen molar-refractivity contribution in [1.82, 2.24) is 5.32 Å². The molecule has 1 nitrogen and oxygen atoms in total. The molecule has 0 aliphatic heterocycles. The van der Waals surface area contributed by atoms with E-state index in [4.69, 9.17) is 0 Å². The molecule has 1 aromatic carbocycles. The summed E-state index contributed by atoms with van der Waals surface area (Å²) in [5, 5.41) is 4.03. The van der Waals surface area contributed by atoms with Gasteiger partial charge in [0.1, 0.15) is 0 Å². The van der Waals surface area contributed by atoms with Crippen LogP contribution in [0.5, 0.6) is 0 Å². The van der Waals surface area contributed by atoms with Gasteiger partial charge in [-0.1, -0.05) is 85.1 Å². The van der Waals surface area contributed by atoms with Crippen molar-refractivity contribution in [3.63, 3.8) is 0 Å². The molecule has 0 saturated heterocycles. The van der Waals surface area contributed by atoms with Gasteiger partial charge in [-0.25, -0.2) is 0 Å². The topological polar surface area (TPSA) is 12.0 Å². The van der Waals surface area contributed by atoms with E-state index in [0.29, 0.717) is 10.8 Å². The molecule has 27 heavy (non-hydrogen) atoms. The molecule has 152 valence electrons. The van der Waals surface area contributed by atoms with Gasteiger partial charge in [0, 0.05) is 17.5 Å². The van der Waals surface area contributed by atoms with E-state index in [2.05, 4.69) is 71.1 Å². The van der Waals surface area contributed by atoms with Gasteiger partial charge in [0.2, 0.25) is 0 Å². The maximum atomic E-state index is 4.03. The van der Waals surface area contributed by atoms with E-state index >= 15 is 0 Å². The lowest BCUT2D eigenvalue weighted by Crippen LogP contribution is -2.49. The second-order valence-corrected chi connectivity index (χ2v) is 11.4. The molecule has 0 radical (unpaired) electrons. The zero-order valence-corrected chi connectivity index (χ0v) is 18.8. The third-order valence-corrected chi connectivity index (χ3v) is 7.65. The monoisotopic (exact) mass is 369 g/mol. The Hall–Kier alpha value is -0.820. The van der Waals surface area contributed by atoms with Crippen LogP contribution in [0.4, 0.5) is 0 Å². The van der Waals surface area contributed by atoms with Crippen LogP contribution >= 0.6 is 0 Å². The van der Waals surface area contributed by atoms with Crippen LogP contribution in [0.1, 0.15) is 110 Å². The van der Waals surface area contributed by atoms with E-state index in [-0.39, 0.29) is 5.41 Å². The molecular weight excluding hydrogens is 326 g/mol. The van der Waals surface area contributed by atoms with Crippen molar-refractivity contribution in [2.75, 3.05) is 0 Å². The van der Waals surface area contributed by atoms with Crippen LogP contribution in [-0.2, 0) is 10.8 Å². The summed E-state index contributed by atoms with van der Waals surface area (Å²) in [6.45, 7) is 14.3. The Bertz CT molecular complexity index is 585. The van der Waals surface area contributed by atoms with Crippen molar-refractivity contribution in [2.45, 2.75) is 122 Å². The van der Waals surface area contributed by atoms with Gasteiger partial charge in [0.15, 0.2) is 0 Å². The minimum Gasteiger partial charge on any atom is -0.311 e. The van der Waals surface area contributed by atoms with Crippen molar-refractivity contribution < 1.29 is 0 Å². The van der Waals surface area contributed by atoms with Crippen LogP contribution in [-0.4, -0.2) is 12.1 Å². The first kappa shape index (κ1) is 20.9. The van der Waals surface area contributed by atoms with Gasteiger partial charge < -0.3 is 5.32 Å². The molecule has 2 aliphatic rings. The van der Waals surface area contributed by atoms with Gasteiger partial charge in [-0.3, -0.25) is 0 Å². The minimum absolute atomic E-state index is 0.231. The van der Waals surface area contributed by atoms with Crippen molar-refractivity contribution in [3.05, 3.63) is 35.4 Å². The largest absolute Gasteiger partial charge is 0.311 e. The molecule has 1 N–H and O–H groups in total. The predicted octanol–water partition coefficient (Wildman–Crippen LogP) is 7.13. The highest BCUT2D eigenvalue weighted by atomic mass is 15.0. The molecule has 1 aromatic rings. The van der Waals surface area contributed by atoms with Crippen molar-refractivity contribution in [1.29, 1.82) is 0 Å². The molecule has 3 rings (SSSR count). The summed E-state index contributed by atoms with van der Waals surface area (Å²) in [5.74, 6) is 0. The van der Waals surface area contributed by atoms with E-state index in [9.17, 15) is 0 Å². The predicted molar refractivity (Wildman–Crippen MR) is 119 cm³/mol. The van der Waals surface area contributed by atoms with Crippen LogP contribution in [0, 0.1) is 5.41 Å². The maximum Gasteiger partial charge on any atom is 0.00703 e. The molecule has 0 bridgehead atoms. The van der Waals surface area contributed by atoms with Crippen LogP contribution in [0.2, 0.25) is 0 Å². The Morgan fingerprint density at radius 1 is 0.741 bits per heavy atom. The van der Waals surface area contributed by atoms with Gasteiger partial charge in [-0.15, -0.1) is 0 Å². The Morgan fingerprint density at radius 3 is 1.74 bits per heavy atom. The molecule has 0 aromatic heterocycles. The Morgan fingerprint density at radius 2 is 1.26 bits per heavy atom. The maximum absolute atomic E-state index is 4.03. The number of nitrogens with one attached hydrogen (secondary N) is 1. The molecular formula is C26H43N. The minimum atomic E-state index is 0.231. The van der Waals surface area contributed by atoms with E-state index in [1.807, 2.05) is 0 Å². The lowest BCUT2D eigenvalue weighted by molar-refractivity contribution is 0.106. The first-order chi connectivity index (χ1) is 12.6. The fourth-order valence-corrected chi connectivity index (χ4v) is 5.64. The lowest BCUT2D eigenvalue weighted by atomic mass is 9.55. The number of benzene rings is 1. The summed E-state index contributed by atoms with van der Waals surface area (Å²) in [6, 6.07) is 11.2. The quantitative estimate of drug-likeness (QED) is 0.597. The Kier molecular flexibility index (Phi) is 6.11. The number of rotatable bonds is 3. The first-order valence-electron chi connectivity index (χ1n) is 11.5. The Labute approximate surface area is 168 Å². The summed E-state index contributed by atoms with van der Waals surface area (Å²) in [6.07, 6.45) is 12.4. The van der Waals surface area contributed by atoms with Crippen LogP contribution < -0.4 is 5.32 Å². The van der Waals surface area contributed by atoms with Crippen LogP contribution in [0.25, 0.3) is 0 Å². The molecule has 0 heterocycles. The number of hydrogen-bond donors (Lipinski definition) is 1. The van der Waals surface area contributed by atoms with Crippen molar-refractivity contribution >= 4 is 0 Å². The first-order valence-corrected chi connectivity index (χ1v) is 11.5. The molecule has 1 heteroatoms. The fraction of sp³-hybridized carbons (Fsp3) is 0.769. The zero-order chi connectivity index (χ0) is 19.7. The molecule has 2 saturated carbocycles.